The van der Waals surface area contributed by atoms with Crippen molar-refractivity contribution in [2.75, 3.05) is 0 Å². The molecule has 2 unspecified atom stereocenters. The zero-order valence-corrected chi connectivity index (χ0v) is 17.0. The predicted molar refractivity (Wildman–Crippen MR) is 103 cm³/mol. The van der Waals surface area contributed by atoms with Crippen molar-refractivity contribution in [3.05, 3.63) is 0 Å². The van der Waals surface area contributed by atoms with E-state index in [0.717, 1.165) is 24.7 Å². The van der Waals surface area contributed by atoms with Crippen molar-refractivity contribution in [3.63, 3.8) is 0 Å². The van der Waals surface area contributed by atoms with Crippen LogP contribution in [0.2, 0.25) is 0 Å². The lowest BCUT2D eigenvalue weighted by Gasteiger charge is -2.24. The van der Waals surface area contributed by atoms with E-state index in [1.54, 1.807) is 0 Å². The zero-order chi connectivity index (χ0) is 17.8. The smallest absolute Gasteiger partial charge is 0.00996 e. The van der Waals surface area contributed by atoms with Crippen molar-refractivity contribution in [3.8, 4) is 0 Å². The Balaban J connectivity index is 0. The molecule has 0 saturated heterocycles. The fourth-order valence-corrected chi connectivity index (χ4v) is 3.21. The van der Waals surface area contributed by atoms with Crippen LogP contribution in [0.15, 0.2) is 0 Å². The summed E-state index contributed by atoms with van der Waals surface area (Å²) in [5, 5.41) is 0. The average molecular weight is 315 g/mol. The second-order valence-electron chi connectivity index (χ2n) is 8.51. The summed E-state index contributed by atoms with van der Waals surface area (Å²) in [6.45, 7) is 17.5. The maximum absolute atomic E-state index is 5.94. The molecule has 2 nitrogen and oxygen atoms in total. The first-order valence-electron chi connectivity index (χ1n) is 9.56. The molecule has 0 bridgehead atoms. The molecule has 0 heterocycles. The standard InChI is InChI=1S/2C10H23N/c2*1-5-7-9(6-2)8-10(3,4)11/h2*9H,5-8,11H2,1-4H3. The summed E-state index contributed by atoms with van der Waals surface area (Å²) in [4.78, 5) is 0. The van der Waals surface area contributed by atoms with Crippen LogP contribution in [0.1, 0.15) is 107 Å². The molecule has 0 aromatic heterocycles. The molecule has 136 valence electrons. The van der Waals surface area contributed by atoms with Crippen LogP contribution < -0.4 is 11.5 Å². The van der Waals surface area contributed by atoms with Gasteiger partial charge in [-0.25, -0.2) is 0 Å². The highest BCUT2D eigenvalue weighted by molar-refractivity contribution is 4.76. The Hall–Kier alpha value is -0.0800. The molecule has 2 heteroatoms. The van der Waals surface area contributed by atoms with Crippen molar-refractivity contribution in [1.29, 1.82) is 0 Å². The molecule has 0 aliphatic carbocycles. The molecule has 0 amide bonds. The number of nitrogens with two attached hydrogens (primary N) is 2. The van der Waals surface area contributed by atoms with Gasteiger partial charge in [-0.05, 0) is 52.4 Å². The number of rotatable bonds is 10. The summed E-state index contributed by atoms with van der Waals surface area (Å²) in [6.07, 6.45) is 10.1. The Bertz CT molecular complexity index is 209. The van der Waals surface area contributed by atoms with Gasteiger partial charge in [0.1, 0.15) is 0 Å². The molecule has 0 aromatic rings. The van der Waals surface area contributed by atoms with Crippen LogP contribution in [0, 0.1) is 11.8 Å². The highest BCUT2D eigenvalue weighted by Crippen LogP contribution is 2.22. The summed E-state index contributed by atoms with van der Waals surface area (Å²) >= 11 is 0. The van der Waals surface area contributed by atoms with E-state index in [4.69, 9.17) is 11.5 Å². The summed E-state index contributed by atoms with van der Waals surface area (Å²) in [6, 6.07) is 0. The summed E-state index contributed by atoms with van der Waals surface area (Å²) in [5.74, 6) is 1.67. The maximum atomic E-state index is 5.94. The quantitative estimate of drug-likeness (QED) is 0.529. The Labute approximate surface area is 141 Å². The Kier molecular flexibility index (Phi) is 13.6. The normalized spacial score (nSPS) is 15.0. The molecule has 2 atom stereocenters. The third-order valence-electron chi connectivity index (χ3n) is 4.18. The SMILES string of the molecule is CCCC(CC)CC(C)(C)N.CCCC(CC)CC(C)(C)N. The highest BCUT2D eigenvalue weighted by Gasteiger charge is 2.17. The first-order valence-corrected chi connectivity index (χ1v) is 9.56. The number of hydrogen-bond donors (Lipinski definition) is 2. The van der Waals surface area contributed by atoms with Crippen LogP contribution in [-0.4, -0.2) is 11.1 Å². The zero-order valence-electron chi connectivity index (χ0n) is 17.0. The second kappa shape index (κ2) is 12.4. The minimum Gasteiger partial charge on any atom is -0.326 e. The van der Waals surface area contributed by atoms with Gasteiger partial charge in [-0.3, -0.25) is 0 Å². The van der Waals surface area contributed by atoms with E-state index in [2.05, 4.69) is 55.4 Å². The van der Waals surface area contributed by atoms with E-state index < -0.39 is 0 Å². The van der Waals surface area contributed by atoms with Gasteiger partial charge in [0.25, 0.3) is 0 Å². The first-order chi connectivity index (χ1) is 9.99. The lowest BCUT2D eigenvalue weighted by atomic mass is 9.87. The molecule has 4 N–H and O–H groups in total. The monoisotopic (exact) mass is 314 g/mol. The van der Waals surface area contributed by atoms with Crippen molar-refractivity contribution >= 4 is 0 Å². The molecule has 0 aliphatic rings. The fourth-order valence-electron chi connectivity index (χ4n) is 3.21. The molecule has 0 fully saturated rings. The minimum absolute atomic E-state index is 0.0237. The topological polar surface area (TPSA) is 52.0 Å². The summed E-state index contributed by atoms with van der Waals surface area (Å²) < 4.78 is 0. The number of hydrogen-bond acceptors (Lipinski definition) is 2. The molecule has 0 aliphatic heterocycles. The van der Waals surface area contributed by atoms with Crippen LogP contribution in [-0.2, 0) is 0 Å². The average Bonchev–Trinajstić information content (AvgIpc) is 2.35. The van der Waals surface area contributed by atoms with Gasteiger partial charge in [0.2, 0.25) is 0 Å². The Morgan fingerprint density at radius 2 is 0.909 bits per heavy atom. The van der Waals surface area contributed by atoms with Gasteiger partial charge >= 0.3 is 0 Å². The maximum Gasteiger partial charge on any atom is 0.00996 e. The van der Waals surface area contributed by atoms with Gasteiger partial charge in [0.05, 0.1) is 0 Å². The predicted octanol–water partition coefficient (Wildman–Crippen LogP) is 5.88. The van der Waals surface area contributed by atoms with E-state index in [1.807, 2.05) is 0 Å². The Morgan fingerprint density at radius 3 is 1.05 bits per heavy atom. The van der Waals surface area contributed by atoms with Gasteiger partial charge in [-0.1, -0.05) is 66.2 Å². The second-order valence-corrected chi connectivity index (χ2v) is 8.51. The van der Waals surface area contributed by atoms with Gasteiger partial charge in [-0.2, -0.15) is 0 Å². The molecule has 0 radical (unpaired) electrons. The lowest BCUT2D eigenvalue weighted by Crippen LogP contribution is -2.34. The van der Waals surface area contributed by atoms with Crippen molar-refractivity contribution in [1.82, 2.24) is 0 Å². The van der Waals surface area contributed by atoms with E-state index >= 15 is 0 Å². The first kappa shape index (κ1) is 24.2. The summed E-state index contributed by atoms with van der Waals surface area (Å²) in [5.41, 5.74) is 11.9. The highest BCUT2D eigenvalue weighted by atomic mass is 14.7. The fraction of sp³-hybridized carbons (Fsp3) is 1.00. The molecule has 0 aromatic carbocycles. The van der Waals surface area contributed by atoms with E-state index in [0.29, 0.717) is 0 Å². The van der Waals surface area contributed by atoms with E-state index in [1.165, 1.54) is 38.5 Å². The van der Waals surface area contributed by atoms with E-state index in [9.17, 15) is 0 Å². The van der Waals surface area contributed by atoms with E-state index in [-0.39, 0.29) is 11.1 Å². The Morgan fingerprint density at radius 1 is 0.636 bits per heavy atom. The van der Waals surface area contributed by atoms with Crippen molar-refractivity contribution < 1.29 is 0 Å². The van der Waals surface area contributed by atoms with Gasteiger partial charge < -0.3 is 11.5 Å². The van der Waals surface area contributed by atoms with Gasteiger partial charge in [0.15, 0.2) is 0 Å². The molecule has 0 rings (SSSR count). The lowest BCUT2D eigenvalue weighted by molar-refractivity contribution is 0.333. The molecule has 0 spiro atoms. The molecule has 0 saturated carbocycles. The molecular weight excluding hydrogens is 268 g/mol. The van der Waals surface area contributed by atoms with Crippen LogP contribution in [0.3, 0.4) is 0 Å². The van der Waals surface area contributed by atoms with Gasteiger partial charge in [-0.15, -0.1) is 0 Å². The molecular formula is C20H46N2. The van der Waals surface area contributed by atoms with Crippen molar-refractivity contribution in [2.24, 2.45) is 23.3 Å². The molecule has 22 heavy (non-hydrogen) atoms. The van der Waals surface area contributed by atoms with Gasteiger partial charge in [0, 0.05) is 11.1 Å². The summed E-state index contributed by atoms with van der Waals surface area (Å²) in [7, 11) is 0. The third kappa shape index (κ3) is 18.0. The van der Waals surface area contributed by atoms with Crippen LogP contribution in [0.4, 0.5) is 0 Å². The van der Waals surface area contributed by atoms with Crippen molar-refractivity contribution in [2.45, 2.75) is 118 Å². The van der Waals surface area contributed by atoms with Crippen LogP contribution >= 0.6 is 0 Å². The third-order valence-corrected chi connectivity index (χ3v) is 4.18. The minimum atomic E-state index is 0.0237. The largest absolute Gasteiger partial charge is 0.326 e. The van der Waals surface area contributed by atoms with Crippen LogP contribution in [0.5, 0.6) is 0 Å². The van der Waals surface area contributed by atoms with Crippen LogP contribution in [0.25, 0.3) is 0 Å².